The first-order valence-electron chi connectivity index (χ1n) is 6.38. The smallest absolute Gasteiger partial charge is 0.328 e. The van der Waals surface area contributed by atoms with Gasteiger partial charge in [0.2, 0.25) is 0 Å². The molecule has 0 amide bonds. The molecule has 3 rings (SSSR count). The van der Waals surface area contributed by atoms with Gasteiger partial charge in [-0.05, 0) is 39.5 Å². The summed E-state index contributed by atoms with van der Waals surface area (Å²) in [4.78, 5) is 26.1. The normalized spacial score (nSPS) is 13.1. The van der Waals surface area contributed by atoms with Gasteiger partial charge in [-0.3, -0.25) is 9.36 Å². The Morgan fingerprint density at radius 2 is 2.20 bits per heavy atom. The Kier molecular flexibility index (Phi) is 3.48. The van der Waals surface area contributed by atoms with E-state index in [1.54, 1.807) is 0 Å². The zero-order valence-electron chi connectivity index (χ0n) is 10.7. The van der Waals surface area contributed by atoms with Gasteiger partial charge in [0.1, 0.15) is 5.75 Å². The molecule has 0 saturated carbocycles. The van der Waals surface area contributed by atoms with E-state index in [4.69, 9.17) is 4.74 Å². The zero-order chi connectivity index (χ0) is 14.1. The van der Waals surface area contributed by atoms with Gasteiger partial charge in [-0.15, -0.1) is 0 Å². The molecule has 1 aromatic carbocycles. The molecule has 0 spiro atoms. The maximum Gasteiger partial charge on any atom is 0.328 e. The number of aryl methyl sites for hydroxylation is 1. The SMILES string of the molecule is O=c1[nH]cc(Br)c(=O)n1CCc1ccc2c(c1)CCO2. The summed E-state index contributed by atoms with van der Waals surface area (Å²) in [6.45, 7) is 1.08. The van der Waals surface area contributed by atoms with Crippen LogP contribution in [0.25, 0.3) is 0 Å². The number of nitrogens with zero attached hydrogens (tertiary/aromatic N) is 1. The fraction of sp³-hybridized carbons (Fsp3) is 0.286. The largest absolute Gasteiger partial charge is 0.493 e. The molecule has 1 aromatic heterocycles. The number of aromatic amines is 1. The molecule has 0 bridgehead atoms. The average Bonchev–Trinajstić information content (AvgIpc) is 2.90. The second-order valence-electron chi connectivity index (χ2n) is 4.69. The molecule has 0 fully saturated rings. The molecular formula is C14H13BrN2O3. The summed E-state index contributed by atoms with van der Waals surface area (Å²) in [5, 5.41) is 0. The molecule has 1 N–H and O–H groups in total. The van der Waals surface area contributed by atoms with Crippen molar-refractivity contribution in [1.82, 2.24) is 9.55 Å². The van der Waals surface area contributed by atoms with E-state index >= 15 is 0 Å². The Balaban J connectivity index is 1.82. The van der Waals surface area contributed by atoms with E-state index in [1.807, 2.05) is 12.1 Å². The van der Waals surface area contributed by atoms with E-state index in [1.165, 1.54) is 16.3 Å². The van der Waals surface area contributed by atoms with E-state index in [-0.39, 0.29) is 11.2 Å². The molecule has 1 aliphatic rings. The lowest BCUT2D eigenvalue weighted by molar-refractivity contribution is 0.357. The Bertz CT molecular complexity index is 764. The summed E-state index contributed by atoms with van der Waals surface area (Å²) in [6, 6.07) is 6.01. The first-order chi connectivity index (χ1) is 9.65. The van der Waals surface area contributed by atoms with Crippen LogP contribution in [0.1, 0.15) is 11.1 Å². The van der Waals surface area contributed by atoms with Crippen molar-refractivity contribution in [3.63, 3.8) is 0 Å². The van der Waals surface area contributed by atoms with Crippen molar-refractivity contribution in [3.05, 3.63) is 60.8 Å². The summed E-state index contributed by atoms with van der Waals surface area (Å²) < 4.78 is 7.02. The van der Waals surface area contributed by atoms with Crippen LogP contribution >= 0.6 is 15.9 Å². The first-order valence-corrected chi connectivity index (χ1v) is 7.17. The minimum atomic E-state index is -0.386. The topological polar surface area (TPSA) is 64.1 Å². The maximum absolute atomic E-state index is 11.9. The molecule has 20 heavy (non-hydrogen) atoms. The lowest BCUT2D eigenvalue weighted by atomic mass is 10.1. The summed E-state index contributed by atoms with van der Waals surface area (Å²) >= 11 is 3.13. The van der Waals surface area contributed by atoms with Crippen LogP contribution in [-0.2, 0) is 19.4 Å². The number of ether oxygens (including phenoxy) is 1. The highest BCUT2D eigenvalue weighted by molar-refractivity contribution is 9.10. The van der Waals surface area contributed by atoms with Gasteiger partial charge in [0.25, 0.3) is 5.56 Å². The third-order valence-electron chi connectivity index (χ3n) is 3.39. The van der Waals surface area contributed by atoms with Crippen LogP contribution in [0.2, 0.25) is 0 Å². The number of hydrogen-bond donors (Lipinski definition) is 1. The van der Waals surface area contributed by atoms with Crippen LogP contribution in [0.5, 0.6) is 5.75 Å². The first kappa shape index (κ1) is 13.2. The van der Waals surface area contributed by atoms with Crippen LogP contribution in [0.4, 0.5) is 0 Å². The van der Waals surface area contributed by atoms with Gasteiger partial charge in [-0.25, -0.2) is 4.79 Å². The number of rotatable bonds is 3. The van der Waals surface area contributed by atoms with Gasteiger partial charge < -0.3 is 9.72 Å². The van der Waals surface area contributed by atoms with Crippen molar-refractivity contribution < 1.29 is 4.74 Å². The number of H-pyrrole nitrogens is 1. The van der Waals surface area contributed by atoms with Crippen LogP contribution in [-0.4, -0.2) is 16.2 Å². The molecule has 0 atom stereocenters. The van der Waals surface area contributed by atoms with Gasteiger partial charge in [0, 0.05) is 19.2 Å². The molecule has 2 heterocycles. The fourth-order valence-electron chi connectivity index (χ4n) is 2.33. The van der Waals surface area contributed by atoms with Crippen molar-refractivity contribution in [3.8, 4) is 5.75 Å². The van der Waals surface area contributed by atoms with Crippen LogP contribution in [0.3, 0.4) is 0 Å². The number of hydrogen-bond acceptors (Lipinski definition) is 3. The third kappa shape index (κ3) is 2.43. The van der Waals surface area contributed by atoms with Gasteiger partial charge in [0.05, 0.1) is 11.1 Å². The second kappa shape index (κ2) is 5.28. The van der Waals surface area contributed by atoms with Crippen LogP contribution in [0.15, 0.2) is 38.5 Å². The highest BCUT2D eigenvalue weighted by atomic mass is 79.9. The van der Waals surface area contributed by atoms with E-state index < -0.39 is 0 Å². The number of aromatic nitrogens is 2. The Labute approximate surface area is 123 Å². The Morgan fingerprint density at radius 1 is 1.35 bits per heavy atom. The minimum Gasteiger partial charge on any atom is -0.493 e. The molecule has 6 heteroatoms. The highest BCUT2D eigenvalue weighted by Crippen LogP contribution is 2.25. The van der Waals surface area contributed by atoms with Crippen molar-refractivity contribution in [2.24, 2.45) is 0 Å². The number of benzene rings is 1. The lowest BCUT2D eigenvalue weighted by Gasteiger charge is -2.06. The molecule has 5 nitrogen and oxygen atoms in total. The summed E-state index contributed by atoms with van der Waals surface area (Å²) in [5.74, 6) is 0.936. The van der Waals surface area contributed by atoms with E-state index in [2.05, 4.69) is 27.0 Å². The molecule has 1 aliphatic heterocycles. The summed E-state index contributed by atoms with van der Waals surface area (Å²) in [6.07, 6.45) is 2.92. The molecule has 104 valence electrons. The van der Waals surface area contributed by atoms with E-state index in [0.717, 1.165) is 24.3 Å². The molecule has 0 radical (unpaired) electrons. The predicted octanol–water partition coefficient (Wildman–Crippen LogP) is 1.48. The van der Waals surface area contributed by atoms with Crippen LogP contribution in [0, 0.1) is 0 Å². The molecule has 2 aromatic rings. The van der Waals surface area contributed by atoms with E-state index in [9.17, 15) is 9.59 Å². The maximum atomic E-state index is 11.9. The predicted molar refractivity (Wildman–Crippen MR) is 78.4 cm³/mol. The molecule has 0 aliphatic carbocycles. The number of nitrogens with one attached hydrogen (secondary N) is 1. The monoisotopic (exact) mass is 336 g/mol. The standard InChI is InChI=1S/C14H13BrN2O3/c15-11-8-16-14(19)17(13(11)18)5-3-9-1-2-12-10(7-9)4-6-20-12/h1-2,7-8H,3-6H2,(H,16,19). The quantitative estimate of drug-likeness (QED) is 0.923. The summed E-state index contributed by atoms with van der Waals surface area (Å²) in [5.41, 5.74) is 1.60. The van der Waals surface area contributed by atoms with Crippen molar-refractivity contribution in [2.75, 3.05) is 6.61 Å². The molecule has 0 saturated heterocycles. The highest BCUT2D eigenvalue weighted by Gasteiger charge is 2.12. The lowest BCUT2D eigenvalue weighted by Crippen LogP contribution is -2.35. The number of fused-ring (bicyclic) bond motifs is 1. The van der Waals surface area contributed by atoms with Crippen LogP contribution < -0.4 is 16.0 Å². The van der Waals surface area contributed by atoms with Gasteiger partial charge in [-0.1, -0.05) is 12.1 Å². The fourth-order valence-corrected chi connectivity index (χ4v) is 2.65. The second-order valence-corrected chi connectivity index (χ2v) is 5.54. The van der Waals surface area contributed by atoms with E-state index in [0.29, 0.717) is 17.4 Å². The Morgan fingerprint density at radius 3 is 3.05 bits per heavy atom. The molecule has 0 unspecified atom stereocenters. The Hall–Kier alpha value is -1.82. The van der Waals surface area contributed by atoms with Crippen molar-refractivity contribution in [1.29, 1.82) is 0 Å². The summed E-state index contributed by atoms with van der Waals surface area (Å²) in [7, 11) is 0. The minimum absolute atomic E-state index is 0.307. The van der Waals surface area contributed by atoms with Crippen molar-refractivity contribution >= 4 is 15.9 Å². The number of halogens is 1. The average molecular weight is 337 g/mol. The van der Waals surface area contributed by atoms with Gasteiger partial charge >= 0.3 is 5.69 Å². The zero-order valence-corrected chi connectivity index (χ0v) is 12.3. The van der Waals surface area contributed by atoms with Gasteiger partial charge in [-0.2, -0.15) is 0 Å². The molecular weight excluding hydrogens is 324 g/mol. The third-order valence-corrected chi connectivity index (χ3v) is 3.96. The van der Waals surface area contributed by atoms with Crippen molar-refractivity contribution in [2.45, 2.75) is 19.4 Å². The van der Waals surface area contributed by atoms with Gasteiger partial charge in [0.15, 0.2) is 0 Å².